The van der Waals surface area contributed by atoms with Gasteiger partial charge in [0.05, 0.1) is 25.2 Å². The van der Waals surface area contributed by atoms with Gasteiger partial charge in [0.1, 0.15) is 0 Å². The van der Waals surface area contributed by atoms with E-state index in [4.69, 9.17) is 14.2 Å². The first kappa shape index (κ1) is 11.6. The maximum atomic E-state index is 5.13. The molecule has 0 rings (SSSR count). The molecule has 3 heteroatoms. The molecule has 0 bridgehead atoms. The summed E-state index contributed by atoms with van der Waals surface area (Å²) in [5.74, 6) is -1.15. The molecule has 0 unspecified atom stereocenters. The highest BCUT2D eigenvalue weighted by Gasteiger charge is 2.32. The summed E-state index contributed by atoms with van der Waals surface area (Å²) in [5.41, 5.74) is 0. The highest BCUT2D eigenvalue weighted by molar-refractivity contribution is 4.69. The van der Waals surface area contributed by atoms with Crippen molar-refractivity contribution < 1.29 is 14.2 Å². The van der Waals surface area contributed by atoms with E-state index in [1.54, 1.807) is 0 Å². The summed E-state index contributed by atoms with van der Waals surface area (Å²) in [6.45, 7) is 12.3. The fourth-order valence-electron chi connectivity index (χ4n) is 0.947. The Morgan fingerprint density at radius 2 is 1.38 bits per heavy atom. The molecular weight excluding hydrogens is 168 g/mol. The second kappa shape index (κ2) is 6.17. The molecule has 0 amide bonds. The SMILES string of the molecule is C=COC(CCC)(OC=C)OC=C. The molecule has 0 saturated heterocycles. The van der Waals surface area contributed by atoms with E-state index in [9.17, 15) is 0 Å². The fourth-order valence-corrected chi connectivity index (χ4v) is 0.947. The van der Waals surface area contributed by atoms with Gasteiger partial charge in [0.2, 0.25) is 0 Å². The quantitative estimate of drug-likeness (QED) is 0.429. The Labute approximate surface area is 79.3 Å². The van der Waals surface area contributed by atoms with Crippen LogP contribution in [0.2, 0.25) is 0 Å². The fraction of sp³-hybridized carbons (Fsp3) is 0.400. The summed E-state index contributed by atoms with van der Waals surface area (Å²) in [6.07, 6.45) is 5.21. The largest absolute Gasteiger partial charge is 0.429 e. The molecule has 0 aromatic rings. The lowest BCUT2D eigenvalue weighted by Crippen LogP contribution is -2.34. The van der Waals surface area contributed by atoms with Crippen LogP contribution >= 0.6 is 0 Å². The van der Waals surface area contributed by atoms with E-state index in [1.165, 1.54) is 18.8 Å². The number of hydrogen-bond donors (Lipinski definition) is 0. The zero-order valence-corrected chi connectivity index (χ0v) is 7.99. The van der Waals surface area contributed by atoms with Crippen molar-refractivity contribution in [2.45, 2.75) is 25.7 Å². The second-order valence-corrected chi connectivity index (χ2v) is 2.29. The Bertz CT molecular complexity index is 148. The molecule has 0 aliphatic heterocycles. The van der Waals surface area contributed by atoms with E-state index < -0.39 is 5.97 Å². The van der Waals surface area contributed by atoms with Gasteiger partial charge in [0.25, 0.3) is 0 Å². The minimum atomic E-state index is -1.15. The van der Waals surface area contributed by atoms with Gasteiger partial charge in [0.15, 0.2) is 0 Å². The molecule has 0 spiro atoms. The van der Waals surface area contributed by atoms with Gasteiger partial charge < -0.3 is 14.2 Å². The molecule has 0 heterocycles. The van der Waals surface area contributed by atoms with Crippen molar-refractivity contribution >= 4 is 0 Å². The third kappa shape index (κ3) is 3.69. The Hall–Kier alpha value is -1.38. The van der Waals surface area contributed by atoms with Crippen molar-refractivity contribution in [3.8, 4) is 0 Å². The highest BCUT2D eigenvalue weighted by Crippen LogP contribution is 2.22. The summed E-state index contributed by atoms with van der Waals surface area (Å²) in [6, 6.07) is 0. The summed E-state index contributed by atoms with van der Waals surface area (Å²) >= 11 is 0. The van der Waals surface area contributed by atoms with Crippen molar-refractivity contribution in [2.24, 2.45) is 0 Å². The molecule has 0 aliphatic carbocycles. The Morgan fingerprint density at radius 3 is 1.62 bits per heavy atom. The van der Waals surface area contributed by atoms with Gasteiger partial charge in [0, 0.05) is 0 Å². The van der Waals surface area contributed by atoms with E-state index >= 15 is 0 Å². The van der Waals surface area contributed by atoms with Gasteiger partial charge in [-0.1, -0.05) is 26.7 Å². The molecule has 74 valence electrons. The smallest absolute Gasteiger partial charge is 0.415 e. The second-order valence-electron chi connectivity index (χ2n) is 2.29. The Morgan fingerprint density at radius 1 is 1.00 bits per heavy atom. The molecule has 0 N–H and O–H groups in total. The lowest BCUT2D eigenvalue weighted by molar-refractivity contribution is -0.320. The minimum absolute atomic E-state index is 0.567. The summed E-state index contributed by atoms with van der Waals surface area (Å²) in [4.78, 5) is 0. The van der Waals surface area contributed by atoms with Crippen molar-refractivity contribution in [2.75, 3.05) is 0 Å². The first-order chi connectivity index (χ1) is 6.24. The maximum Gasteiger partial charge on any atom is 0.415 e. The normalized spacial score (nSPS) is 9.92. The lowest BCUT2D eigenvalue weighted by atomic mass is 10.3. The third-order valence-corrected chi connectivity index (χ3v) is 1.34. The first-order valence-electron chi connectivity index (χ1n) is 4.10. The summed E-state index contributed by atoms with van der Waals surface area (Å²) in [7, 11) is 0. The number of hydrogen-bond acceptors (Lipinski definition) is 3. The monoisotopic (exact) mass is 184 g/mol. The number of ether oxygens (including phenoxy) is 3. The van der Waals surface area contributed by atoms with E-state index in [0.717, 1.165) is 6.42 Å². The van der Waals surface area contributed by atoms with Crippen molar-refractivity contribution in [3.63, 3.8) is 0 Å². The molecule has 0 aromatic carbocycles. The van der Waals surface area contributed by atoms with Gasteiger partial charge in [-0.15, -0.1) is 0 Å². The van der Waals surface area contributed by atoms with Crippen LogP contribution in [0.4, 0.5) is 0 Å². The van der Waals surface area contributed by atoms with Gasteiger partial charge >= 0.3 is 5.97 Å². The van der Waals surface area contributed by atoms with E-state index in [1.807, 2.05) is 6.92 Å². The molecule has 3 nitrogen and oxygen atoms in total. The average molecular weight is 184 g/mol. The van der Waals surface area contributed by atoms with Crippen LogP contribution in [-0.2, 0) is 14.2 Å². The molecular formula is C10H16O3. The molecule has 0 aliphatic rings. The van der Waals surface area contributed by atoms with Crippen LogP contribution < -0.4 is 0 Å². The summed E-state index contributed by atoms with van der Waals surface area (Å²) < 4.78 is 15.4. The van der Waals surface area contributed by atoms with Crippen LogP contribution in [0.15, 0.2) is 38.5 Å². The zero-order chi connectivity index (χ0) is 10.2. The van der Waals surface area contributed by atoms with Crippen LogP contribution in [0, 0.1) is 0 Å². The third-order valence-electron chi connectivity index (χ3n) is 1.34. The van der Waals surface area contributed by atoms with Gasteiger partial charge in [-0.05, 0) is 6.42 Å². The zero-order valence-electron chi connectivity index (χ0n) is 7.99. The highest BCUT2D eigenvalue weighted by atomic mass is 16.9. The van der Waals surface area contributed by atoms with Gasteiger partial charge in [-0.25, -0.2) is 0 Å². The van der Waals surface area contributed by atoms with Crippen LogP contribution in [0.3, 0.4) is 0 Å². The minimum Gasteiger partial charge on any atom is -0.429 e. The molecule has 0 aromatic heterocycles. The van der Waals surface area contributed by atoms with Crippen LogP contribution in [0.25, 0.3) is 0 Å². The predicted molar refractivity (Wildman–Crippen MR) is 51.5 cm³/mol. The molecule has 0 saturated carbocycles. The average Bonchev–Trinajstić information content (AvgIpc) is 2.06. The van der Waals surface area contributed by atoms with Crippen molar-refractivity contribution in [1.82, 2.24) is 0 Å². The Balaban J connectivity index is 4.44. The van der Waals surface area contributed by atoms with Crippen LogP contribution in [0.1, 0.15) is 19.8 Å². The molecule has 13 heavy (non-hydrogen) atoms. The summed E-state index contributed by atoms with van der Waals surface area (Å²) in [5, 5.41) is 0. The standard InChI is InChI=1S/C10H16O3/c1-5-9-10(11-6-2,12-7-3)13-8-4/h6-8H,2-5,9H2,1H3. The van der Waals surface area contributed by atoms with Gasteiger partial charge in [-0.3, -0.25) is 0 Å². The Kier molecular flexibility index (Phi) is 5.52. The lowest BCUT2D eigenvalue weighted by Gasteiger charge is -2.29. The van der Waals surface area contributed by atoms with Crippen molar-refractivity contribution in [1.29, 1.82) is 0 Å². The van der Waals surface area contributed by atoms with E-state index in [0.29, 0.717) is 6.42 Å². The first-order valence-corrected chi connectivity index (χ1v) is 4.10. The van der Waals surface area contributed by atoms with Crippen molar-refractivity contribution in [3.05, 3.63) is 38.5 Å². The topological polar surface area (TPSA) is 27.7 Å². The van der Waals surface area contributed by atoms with E-state index in [2.05, 4.69) is 19.7 Å². The van der Waals surface area contributed by atoms with E-state index in [-0.39, 0.29) is 0 Å². The number of rotatable bonds is 8. The molecule has 0 radical (unpaired) electrons. The van der Waals surface area contributed by atoms with Gasteiger partial charge in [-0.2, -0.15) is 0 Å². The van der Waals surface area contributed by atoms with Crippen LogP contribution in [-0.4, -0.2) is 5.97 Å². The maximum absolute atomic E-state index is 5.13. The molecule has 0 atom stereocenters. The predicted octanol–water partition coefficient (Wildman–Crippen LogP) is 2.92. The van der Waals surface area contributed by atoms with Crippen LogP contribution in [0.5, 0.6) is 0 Å². The molecule has 0 fully saturated rings.